The number of aromatic nitrogens is 6. The maximum Gasteiger partial charge on any atom is 0.333 e. The molecule has 0 aliphatic carbocycles. The first-order valence-electron chi connectivity index (χ1n) is 9.81. The lowest BCUT2D eigenvalue weighted by Gasteiger charge is -2.08. The Labute approximate surface area is 183 Å². The van der Waals surface area contributed by atoms with Crippen LogP contribution in [0.25, 0.3) is 38.8 Å². The molecule has 9 nitrogen and oxygen atoms in total. The number of sulfone groups is 1. The fraction of sp³-hybridized carbons (Fsp3) is 0.182. The molecule has 0 aliphatic heterocycles. The van der Waals surface area contributed by atoms with Crippen LogP contribution in [0, 0.1) is 6.92 Å². The summed E-state index contributed by atoms with van der Waals surface area (Å²) >= 11 is 0. The summed E-state index contributed by atoms with van der Waals surface area (Å²) in [5.74, 6) is 0. The second kappa shape index (κ2) is 6.86. The summed E-state index contributed by atoms with van der Waals surface area (Å²) in [6, 6.07) is 7.23. The van der Waals surface area contributed by atoms with E-state index in [9.17, 15) is 13.2 Å². The molecule has 0 saturated heterocycles. The van der Waals surface area contributed by atoms with Crippen molar-refractivity contribution in [1.29, 1.82) is 0 Å². The quantitative estimate of drug-likeness (QED) is 0.420. The number of nitrogens with zero attached hydrogens (tertiary/aromatic N) is 6. The molecule has 0 saturated carbocycles. The Morgan fingerprint density at radius 1 is 1.00 bits per heavy atom. The largest absolute Gasteiger partial charge is 0.333 e. The van der Waals surface area contributed by atoms with Crippen molar-refractivity contribution in [1.82, 2.24) is 28.9 Å². The third-order valence-corrected chi connectivity index (χ3v) is 6.67. The molecule has 4 heterocycles. The maximum absolute atomic E-state index is 13.2. The summed E-state index contributed by atoms with van der Waals surface area (Å²) in [4.78, 5) is 22.0. The molecule has 0 radical (unpaired) electrons. The smallest absolute Gasteiger partial charge is 0.293 e. The Hall–Kier alpha value is -3.79. The van der Waals surface area contributed by atoms with Gasteiger partial charge in [-0.15, -0.1) is 0 Å². The van der Waals surface area contributed by atoms with Crippen molar-refractivity contribution >= 4 is 31.8 Å². The molecule has 10 heteroatoms. The van der Waals surface area contributed by atoms with Crippen LogP contribution in [0.15, 0.2) is 58.7 Å². The van der Waals surface area contributed by atoms with Crippen molar-refractivity contribution in [3.05, 3.63) is 65.2 Å². The first-order chi connectivity index (χ1) is 15.1. The lowest BCUT2D eigenvalue weighted by atomic mass is 10.0. The van der Waals surface area contributed by atoms with Crippen LogP contribution >= 0.6 is 0 Å². The predicted molar refractivity (Wildman–Crippen MR) is 122 cm³/mol. The molecule has 0 bridgehead atoms. The van der Waals surface area contributed by atoms with Gasteiger partial charge in [-0.2, -0.15) is 5.10 Å². The van der Waals surface area contributed by atoms with Crippen molar-refractivity contribution < 1.29 is 8.42 Å². The van der Waals surface area contributed by atoms with Gasteiger partial charge in [-0.05, 0) is 30.7 Å². The summed E-state index contributed by atoms with van der Waals surface area (Å²) < 4.78 is 28.8. The van der Waals surface area contributed by atoms with Crippen LogP contribution in [0.5, 0.6) is 0 Å². The highest BCUT2D eigenvalue weighted by Crippen LogP contribution is 2.30. The van der Waals surface area contributed by atoms with E-state index in [1.165, 1.54) is 6.20 Å². The van der Waals surface area contributed by atoms with Crippen molar-refractivity contribution in [2.45, 2.75) is 11.8 Å². The molecule has 162 valence electrons. The normalized spacial score (nSPS) is 12.1. The van der Waals surface area contributed by atoms with E-state index in [2.05, 4.69) is 15.1 Å². The number of hydrogen-bond acceptors (Lipinski definition) is 6. The van der Waals surface area contributed by atoms with Crippen LogP contribution in [0.2, 0.25) is 0 Å². The van der Waals surface area contributed by atoms with E-state index in [-0.39, 0.29) is 10.6 Å². The molecule has 4 aromatic heterocycles. The molecule has 1 aromatic carbocycles. The van der Waals surface area contributed by atoms with Gasteiger partial charge in [0.15, 0.2) is 9.84 Å². The van der Waals surface area contributed by atoms with Crippen molar-refractivity contribution in [3.63, 3.8) is 0 Å². The van der Waals surface area contributed by atoms with E-state index in [4.69, 9.17) is 0 Å². The van der Waals surface area contributed by atoms with E-state index in [0.29, 0.717) is 22.3 Å². The van der Waals surface area contributed by atoms with Crippen LogP contribution in [-0.2, 0) is 23.9 Å². The van der Waals surface area contributed by atoms with Gasteiger partial charge in [0.25, 0.3) is 0 Å². The van der Waals surface area contributed by atoms with Crippen LogP contribution in [0.1, 0.15) is 5.69 Å². The monoisotopic (exact) mass is 448 g/mol. The molecule has 0 aliphatic rings. The molecular formula is C22H20N6O3S. The predicted octanol–water partition coefficient (Wildman–Crippen LogP) is 2.38. The number of pyridine rings is 2. The molecule has 0 atom stereocenters. The third kappa shape index (κ3) is 3.02. The highest BCUT2D eigenvalue weighted by molar-refractivity contribution is 7.90. The average Bonchev–Trinajstić information content (AvgIpc) is 3.22. The lowest BCUT2D eigenvalue weighted by Crippen LogP contribution is -2.21. The zero-order chi connectivity index (χ0) is 22.8. The Morgan fingerprint density at radius 3 is 2.47 bits per heavy atom. The third-order valence-electron chi connectivity index (χ3n) is 5.59. The fourth-order valence-electron chi connectivity index (χ4n) is 3.99. The first kappa shape index (κ1) is 20.1. The summed E-state index contributed by atoms with van der Waals surface area (Å²) in [5, 5.41) is 5.16. The number of benzene rings is 1. The minimum absolute atomic E-state index is 0.147. The minimum atomic E-state index is -3.39. The first-order valence-corrected chi connectivity index (χ1v) is 11.7. The van der Waals surface area contributed by atoms with Crippen molar-refractivity contribution in [2.24, 2.45) is 14.1 Å². The number of rotatable bonds is 3. The summed E-state index contributed by atoms with van der Waals surface area (Å²) in [7, 11) is 0.133. The Morgan fingerprint density at radius 2 is 1.78 bits per heavy atom. The topological polar surface area (TPSA) is 105 Å². The van der Waals surface area contributed by atoms with Gasteiger partial charge in [-0.3, -0.25) is 23.8 Å². The van der Waals surface area contributed by atoms with Crippen LogP contribution < -0.4 is 5.69 Å². The summed E-state index contributed by atoms with van der Waals surface area (Å²) in [6.45, 7) is 1.86. The minimum Gasteiger partial charge on any atom is -0.293 e. The van der Waals surface area contributed by atoms with Gasteiger partial charge in [0.1, 0.15) is 0 Å². The van der Waals surface area contributed by atoms with E-state index < -0.39 is 9.84 Å². The molecule has 0 fully saturated rings. The van der Waals surface area contributed by atoms with Crippen LogP contribution in [-0.4, -0.2) is 43.6 Å². The standard InChI is InChI=1S/C22H20N6O3S/c1-13-20(12-26(2)25-13)28-21-17-8-14(15-7-16(10-23-9-15)32(4,30)31)5-6-18(17)24-11-19(21)27(3)22(28)29/h5-12H,1-4H3. The molecule has 5 rings (SSSR count). The van der Waals surface area contributed by atoms with Crippen molar-refractivity contribution in [3.8, 4) is 16.8 Å². The molecule has 0 amide bonds. The number of fused-ring (bicyclic) bond motifs is 3. The van der Waals surface area contributed by atoms with Crippen LogP contribution in [0.3, 0.4) is 0 Å². The highest BCUT2D eigenvalue weighted by Gasteiger charge is 2.19. The molecule has 0 N–H and O–H groups in total. The number of aryl methyl sites for hydroxylation is 3. The molecule has 32 heavy (non-hydrogen) atoms. The van der Waals surface area contributed by atoms with Gasteiger partial charge < -0.3 is 0 Å². The van der Waals surface area contributed by atoms with Gasteiger partial charge in [-0.1, -0.05) is 6.07 Å². The van der Waals surface area contributed by atoms with Gasteiger partial charge in [0, 0.05) is 49.9 Å². The second-order valence-electron chi connectivity index (χ2n) is 7.86. The van der Waals surface area contributed by atoms with Crippen LogP contribution in [0.4, 0.5) is 0 Å². The fourth-order valence-corrected chi connectivity index (χ4v) is 4.58. The van der Waals surface area contributed by atoms with E-state index in [0.717, 1.165) is 28.4 Å². The lowest BCUT2D eigenvalue weighted by molar-refractivity contribution is 0.601. The van der Waals surface area contributed by atoms with Crippen molar-refractivity contribution in [2.75, 3.05) is 6.26 Å². The molecule has 5 aromatic rings. The van der Waals surface area contributed by atoms with Gasteiger partial charge in [0.05, 0.1) is 39.0 Å². The number of imidazole rings is 1. The molecule has 0 spiro atoms. The van der Waals surface area contributed by atoms with Gasteiger partial charge >= 0.3 is 5.69 Å². The average molecular weight is 449 g/mol. The maximum atomic E-state index is 13.2. The second-order valence-corrected chi connectivity index (χ2v) is 9.87. The molecule has 0 unspecified atom stereocenters. The Kier molecular flexibility index (Phi) is 4.31. The Balaban J connectivity index is 1.85. The van der Waals surface area contributed by atoms with E-state index in [1.54, 1.807) is 39.3 Å². The Bertz CT molecular complexity index is 1710. The van der Waals surface area contributed by atoms with Gasteiger partial charge in [0.2, 0.25) is 0 Å². The SMILES string of the molecule is Cc1nn(C)cc1-n1c(=O)n(C)c2cnc3ccc(-c4cncc(S(C)(=O)=O)c4)cc3c21. The molecular weight excluding hydrogens is 428 g/mol. The number of hydrogen-bond donors (Lipinski definition) is 0. The van der Waals surface area contributed by atoms with Gasteiger partial charge in [-0.25, -0.2) is 13.2 Å². The highest BCUT2D eigenvalue weighted by atomic mass is 32.2. The zero-order valence-electron chi connectivity index (χ0n) is 17.9. The zero-order valence-corrected chi connectivity index (χ0v) is 18.8. The van der Waals surface area contributed by atoms with E-state index in [1.807, 2.05) is 38.4 Å². The van der Waals surface area contributed by atoms with E-state index >= 15 is 0 Å². The summed E-state index contributed by atoms with van der Waals surface area (Å²) in [5.41, 5.74) is 4.78. The summed E-state index contributed by atoms with van der Waals surface area (Å²) in [6.07, 6.45) is 7.60.